The van der Waals surface area contributed by atoms with Crippen molar-refractivity contribution in [3.63, 3.8) is 0 Å². The van der Waals surface area contributed by atoms with Crippen molar-refractivity contribution in [2.24, 2.45) is 0 Å². The number of aromatic amines is 3. The van der Waals surface area contributed by atoms with E-state index in [0.29, 0.717) is 10.8 Å². The smallest absolute Gasteiger partial charge is 0.327 e. The molecular weight excluding hydrogens is 256 g/mol. The van der Waals surface area contributed by atoms with E-state index in [1.807, 2.05) is 0 Å². The summed E-state index contributed by atoms with van der Waals surface area (Å²) in [5.74, 6) is 0.472. The lowest BCUT2D eigenvalue weighted by Gasteiger charge is -1.95. The highest BCUT2D eigenvalue weighted by atomic mass is 35.5. The minimum Gasteiger partial charge on any atom is -0.332 e. The Morgan fingerprint density at radius 2 is 1.94 bits per heavy atom. The van der Waals surface area contributed by atoms with Crippen LogP contribution in [-0.2, 0) is 0 Å². The molecule has 0 saturated carbocycles. The number of H-pyrrole nitrogens is 3. The van der Waals surface area contributed by atoms with Crippen LogP contribution in [0, 0.1) is 0 Å². The van der Waals surface area contributed by atoms with E-state index in [-0.39, 0.29) is 11.2 Å². The standard InChI is InChI=1S/C11H7ClN4O2/c12-6-3-1-2-5(4-6)8-13-7-9(14-8)15-11(18)16-10(7)17/h1-4H,(H3,13,14,15,16,17,18). The van der Waals surface area contributed by atoms with Crippen LogP contribution in [0.4, 0.5) is 0 Å². The van der Waals surface area contributed by atoms with Crippen LogP contribution in [0.15, 0.2) is 33.9 Å². The highest BCUT2D eigenvalue weighted by Gasteiger charge is 2.09. The number of aromatic nitrogens is 4. The van der Waals surface area contributed by atoms with E-state index < -0.39 is 11.2 Å². The van der Waals surface area contributed by atoms with Gasteiger partial charge in [0.25, 0.3) is 5.56 Å². The van der Waals surface area contributed by atoms with Gasteiger partial charge in [-0.2, -0.15) is 0 Å². The molecule has 0 aliphatic carbocycles. The molecule has 6 nitrogen and oxygen atoms in total. The molecule has 7 heteroatoms. The summed E-state index contributed by atoms with van der Waals surface area (Å²) in [6.07, 6.45) is 0. The largest absolute Gasteiger partial charge is 0.332 e. The number of hydrogen-bond acceptors (Lipinski definition) is 3. The molecule has 0 unspecified atom stereocenters. The van der Waals surface area contributed by atoms with Crippen molar-refractivity contribution in [3.8, 4) is 11.4 Å². The minimum atomic E-state index is -0.586. The number of hydrogen-bond donors (Lipinski definition) is 3. The summed E-state index contributed by atoms with van der Waals surface area (Å²) < 4.78 is 0. The van der Waals surface area contributed by atoms with Gasteiger partial charge in [0, 0.05) is 10.6 Å². The molecule has 3 aromatic rings. The van der Waals surface area contributed by atoms with E-state index in [4.69, 9.17) is 11.6 Å². The quantitative estimate of drug-likeness (QED) is 0.616. The summed E-state index contributed by atoms with van der Waals surface area (Å²) >= 11 is 5.88. The number of nitrogens with zero attached hydrogens (tertiary/aromatic N) is 1. The Hall–Kier alpha value is -2.34. The van der Waals surface area contributed by atoms with Gasteiger partial charge >= 0.3 is 5.69 Å². The van der Waals surface area contributed by atoms with Crippen molar-refractivity contribution >= 4 is 22.8 Å². The van der Waals surface area contributed by atoms with Gasteiger partial charge in [0.2, 0.25) is 0 Å². The van der Waals surface area contributed by atoms with E-state index in [1.54, 1.807) is 24.3 Å². The fourth-order valence-corrected chi connectivity index (χ4v) is 1.90. The fourth-order valence-electron chi connectivity index (χ4n) is 1.70. The van der Waals surface area contributed by atoms with Crippen LogP contribution >= 0.6 is 11.6 Å². The molecule has 0 atom stereocenters. The van der Waals surface area contributed by atoms with Gasteiger partial charge in [-0.1, -0.05) is 23.7 Å². The molecule has 0 fully saturated rings. The molecule has 0 aliphatic heterocycles. The lowest BCUT2D eigenvalue weighted by atomic mass is 10.2. The molecule has 2 heterocycles. The van der Waals surface area contributed by atoms with E-state index in [9.17, 15) is 9.59 Å². The highest BCUT2D eigenvalue weighted by molar-refractivity contribution is 6.30. The lowest BCUT2D eigenvalue weighted by Crippen LogP contribution is -2.21. The molecule has 0 spiro atoms. The molecule has 3 N–H and O–H groups in total. The first kappa shape index (κ1) is 10.8. The molecule has 2 aromatic heterocycles. The van der Waals surface area contributed by atoms with Crippen LogP contribution < -0.4 is 11.2 Å². The number of rotatable bonds is 1. The zero-order valence-corrected chi connectivity index (χ0v) is 9.71. The number of fused-ring (bicyclic) bond motifs is 1. The van der Waals surface area contributed by atoms with Gasteiger partial charge in [-0.05, 0) is 12.1 Å². The van der Waals surface area contributed by atoms with Crippen LogP contribution in [0.25, 0.3) is 22.6 Å². The third-order valence-corrected chi connectivity index (χ3v) is 2.72. The van der Waals surface area contributed by atoms with Crippen molar-refractivity contribution in [1.82, 2.24) is 19.9 Å². The van der Waals surface area contributed by atoms with Crippen molar-refractivity contribution in [2.75, 3.05) is 0 Å². The summed E-state index contributed by atoms with van der Waals surface area (Å²) in [5.41, 5.74) is 0.0911. The third kappa shape index (κ3) is 1.72. The number of halogens is 1. The number of nitrogens with one attached hydrogen (secondary N) is 3. The zero-order chi connectivity index (χ0) is 12.7. The second-order valence-electron chi connectivity index (χ2n) is 3.73. The first-order chi connectivity index (χ1) is 8.63. The second kappa shape index (κ2) is 3.85. The Labute approximate surface area is 105 Å². The van der Waals surface area contributed by atoms with E-state index in [1.165, 1.54) is 0 Å². The summed E-state index contributed by atoms with van der Waals surface area (Å²) in [6, 6.07) is 7.03. The Morgan fingerprint density at radius 3 is 2.72 bits per heavy atom. The van der Waals surface area contributed by atoms with Crippen LogP contribution in [0.1, 0.15) is 0 Å². The molecule has 18 heavy (non-hydrogen) atoms. The Kier molecular flexibility index (Phi) is 2.31. The van der Waals surface area contributed by atoms with E-state index >= 15 is 0 Å². The van der Waals surface area contributed by atoms with Crippen molar-refractivity contribution < 1.29 is 0 Å². The van der Waals surface area contributed by atoms with Gasteiger partial charge in [0.15, 0.2) is 5.65 Å². The van der Waals surface area contributed by atoms with Crippen molar-refractivity contribution in [2.45, 2.75) is 0 Å². The predicted octanol–water partition coefficient (Wildman–Crippen LogP) is 1.26. The van der Waals surface area contributed by atoms with Crippen molar-refractivity contribution in [3.05, 3.63) is 50.1 Å². The summed E-state index contributed by atoms with van der Waals surface area (Å²) in [4.78, 5) is 34.2. The average molecular weight is 263 g/mol. The normalized spacial score (nSPS) is 10.9. The summed E-state index contributed by atoms with van der Waals surface area (Å²) in [6.45, 7) is 0. The molecule has 0 bridgehead atoms. The molecule has 90 valence electrons. The fraction of sp³-hybridized carbons (Fsp3) is 0. The van der Waals surface area contributed by atoms with Crippen molar-refractivity contribution in [1.29, 1.82) is 0 Å². The first-order valence-corrected chi connectivity index (χ1v) is 5.49. The SMILES string of the molecule is O=c1[nH]c(=O)c2[nH]c(-c3cccc(Cl)c3)nc2[nH]1. The summed E-state index contributed by atoms with van der Waals surface area (Å²) in [7, 11) is 0. The van der Waals surface area contributed by atoms with Crippen LogP contribution in [-0.4, -0.2) is 19.9 Å². The molecular formula is C11H7ClN4O2. The number of imidazole rings is 1. The maximum absolute atomic E-state index is 11.5. The van der Waals surface area contributed by atoms with E-state index in [0.717, 1.165) is 5.56 Å². The molecule has 0 radical (unpaired) electrons. The monoisotopic (exact) mass is 262 g/mol. The Bertz CT molecular complexity index is 846. The van der Waals surface area contributed by atoms with Gasteiger partial charge in [0.05, 0.1) is 0 Å². The molecule has 1 aromatic carbocycles. The molecule has 0 aliphatic rings. The van der Waals surface area contributed by atoms with Gasteiger partial charge in [0.1, 0.15) is 11.3 Å². The van der Waals surface area contributed by atoms with Crippen LogP contribution in [0.3, 0.4) is 0 Å². The zero-order valence-electron chi connectivity index (χ0n) is 8.95. The maximum atomic E-state index is 11.5. The Balaban J connectivity index is 2.29. The summed E-state index contributed by atoms with van der Waals surface area (Å²) in [5, 5.41) is 0.565. The Morgan fingerprint density at radius 1 is 1.11 bits per heavy atom. The van der Waals surface area contributed by atoms with Gasteiger partial charge in [-0.25, -0.2) is 9.78 Å². The lowest BCUT2D eigenvalue weighted by molar-refractivity contribution is 1.07. The van der Waals surface area contributed by atoms with Crippen LogP contribution in [0.2, 0.25) is 5.02 Å². The van der Waals surface area contributed by atoms with Gasteiger partial charge < -0.3 is 4.98 Å². The molecule has 0 saturated heterocycles. The van der Waals surface area contributed by atoms with E-state index in [2.05, 4.69) is 19.9 Å². The van der Waals surface area contributed by atoms with Gasteiger partial charge in [-0.15, -0.1) is 0 Å². The molecule has 0 amide bonds. The average Bonchev–Trinajstić information content (AvgIpc) is 2.73. The highest BCUT2D eigenvalue weighted by Crippen LogP contribution is 2.20. The minimum absolute atomic E-state index is 0.221. The van der Waals surface area contributed by atoms with Gasteiger partial charge in [-0.3, -0.25) is 14.8 Å². The second-order valence-corrected chi connectivity index (χ2v) is 4.16. The maximum Gasteiger partial charge on any atom is 0.327 e. The topological polar surface area (TPSA) is 94.4 Å². The predicted molar refractivity (Wildman–Crippen MR) is 67.8 cm³/mol. The molecule has 3 rings (SSSR count). The third-order valence-electron chi connectivity index (χ3n) is 2.49. The number of benzene rings is 1. The first-order valence-electron chi connectivity index (χ1n) is 5.12. The van der Waals surface area contributed by atoms with Crippen LogP contribution in [0.5, 0.6) is 0 Å².